The lowest BCUT2D eigenvalue weighted by molar-refractivity contribution is 0.100. The summed E-state index contributed by atoms with van der Waals surface area (Å²) in [5, 5.41) is 15.8. The summed E-state index contributed by atoms with van der Waals surface area (Å²) in [6, 6.07) is 4.46. The molecule has 158 valence electrons. The van der Waals surface area contributed by atoms with Crippen molar-refractivity contribution in [2.24, 2.45) is 11.5 Å². The van der Waals surface area contributed by atoms with Gasteiger partial charge in [-0.15, -0.1) is 0 Å². The predicted octanol–water partition coefficient (Wildman–Crippen LogP) is 2.72. The molecule has 0 saturated heterocycles. The van der Waals surface area contributed by atoms with Crippen molar-refractivity contribution in [2.75, 3.05) is 16.0 Å². The molecule has 1 fully saturated rings. The number of halogens is 1. The Morgan fingerprint density at radius 3 is 2.80 bits per heavy atom. The zero-order valence-electron chi connectivity index (χ0n) is 16.4. The number of hydrogen-bond donors (Lipinski definition) is 6. The number of carbonyl (C=O) groups is 1. The van der Waals surface area contributed by atoms with Crippen molar-refractivity contribution < 1.29 is 9.18 Å². The number of nitrogens with one attached hydrogen (secondary N) is 4. The Hall–Kier alpha value is -3.53. The van der Waals surface area contributed by atoms with Gasteiger partial charge >= 0.3 is 0 Å². The van der Waals surface area contributed by atoms with Crippen LogP contribution in [0, 0.1) is 11.2 Å². The number of allylic oxidation sites excluding steroid dienone is 1. The number of aromatic nitrogens is 2. The fourth-order valence-corrected chi connectivity index (χ4v) is 3.26. The first-order valence-corrected chi connectivity index (χ1v) is 9.65. The van der Waals surface area contributed by atoms with Crippen molar-refractivity contribution in [3.05, 3.63) is 48.1 Å². The number of nitrogens with two attached hydrogens (primary N) is 2. The van der Waals surface area contributed by atoms with E-state index in [0.717, 1.165) is 31.9 Å². The van der Waals surface area contributed by atoms with E-state index in [1.165, 1.54) is 30.6 Å². The van der Waals surface area contributed by atoms with Gasteiger partial charge in [0.05, 0.1) is 5.69 Å². The molecule has 1 amide bonds. The molecule has 3 rings (SSSR count). The minimum atomic E-state index is -0.700. The molecule has 8 N–H and O–H groups in total. The molecular weight excluding hydrogens is 387 g/mol. The van der Waals surface area contributed by atoms with Crippen molar-refractivity contribution in [1.82, 2.24) is 9.97 Å². The molecule has 10 heteroatoms. The molecule has 30 heavy (non-hydrogen) atoms. The Kier molecular flexibility index (Phi) is 6.91. The van der Waals surface area contributed by atoms with Gasteiger partial charge in [-0.3, -0.25) is 4.79 Å². The highest BCUT2D eigenvalue weighted by Gasteiger charge is 2.23. The molecule has 1 saturated carbocycles. The van der Waals surface area contributed by atoms with Crippen LogP contribution < -0.4 is 27.4 Å². The molecule has 0 spiro atoms. The van der Waals surface area contributed by atoms with Gasteiger partial charge in [0.1, 0.15) is 17.2 Å². The van der Waals surface area contributed by atoms with Crippen LogP contribution in [0.1, 0.15) is 36.0 Å². The second kappa shape index (κ2) is 9.79. The predicted molar refractivity (Wildman–Crippen MR) is 116 cm³/mol. The van der Waals surface area contributed by atoms with Crippen molar-refractivity contribution in [3.63, 3.8) is 0 Å². The first-order valence-electron chi connectivity index (χ1n) is 9.65. The minimum absolute atomic E-state index is 0.00502. The maximum absolute atomic E-state index is 14.3. The average molecular weight is 412 g/mol. The van der Waals surface area contributed by atoms with Crippen molar-refractivity contribution in [1.29, 1.82) is 5.41 Å². The van der Waals surface area contributed by atoms with E-state index in [1.54, 1.807) is 6.07 Å². The lowest BCUT2D eigenvalue weighted by atomic mass is 9.91. The fourth-order valence-electron chi connectivity index (χ4n) is 3.26. The Morgan fingerprint density at radius 2 is 2.10 bits per heavy atom. The highest BCUT2D eigenvalue weighted by atomic mass is 19.1. The van der Waals surface area contributed by atoms with E-state index in [4.69, 9.17) is 16.9 Å². The Bertz CT molecular complexity index is 948. The third-order valence-electron chi connectivity index (χ3n) is 4.85. The normalized spacial score (nSPS) is 18.7. The summed E-state index contributed by atoms with van der Waals surface area (Å²) in [5.41, 5.74) is 12.3. The molecule has 1 aromatic carbocycles. The molecule has 0 aliphatic heterocycles. The van der Waals surface area contributed by atoms with Gasteiger partial charge < -0.3 is 32.8 Å². The molecule has 0 radical (unpaired) electrons. The summed E-state index contributed by atoms with van der Waals surface area (Å²) >= 11 is 0. The zero-order valence-corrected chi connectivity index (χ0v) is 16.4. The van der Waals surface area contributed by atoms with E-state index >= 15 is 0 Å². The molecule has 9 nitrogen and oxygen atoms in total. The highest BCUT2D eigenvalue weighted by Crippen LogP contribution is 2.25. The maximum atomic E-state index is 14.3. The Balaban J connectivity index is 1.81. The highest BCUT2D eigenvalue weighted by molar-refractivity contribution is 5.98. The third kappa shape index (κ3) is 5.29. The van der Waals surface area contributed by atoms with Crippen molar-refractivity contribution in [2.45, 2.75) is 37.8 Å². The van der Waals surface area contributed by atoms with E-state index in [9.17, 15) is 9.18 Å². The zero-order chi connectivity index (χ0) is 21.5. The van der Waals surface area contributed by atoms with E-state index in [2.05, 4.69) is 25.9 Å². The molecule has 0 bridgehead atoms. The quantitative estimate of drug-likeness (QED) is 0.364. The molecule has 2 aromatic rings. The van der Waals surface area contributed by atoms with E-state index < -0.39 is 11.7 Å². The molecule has 1 aromatic heterocycles. The van der Waals surface area contributed by atoms with Crippen LogP contribution in [0.3, 0.4) is 0 Å². The van der Waals surface area contributed by atoms with Crippen LogP contribution >= 0.6 is 0 Å². The molecule has 1 aliphatic rings. The lowest BCUT2D eigenvalue weighted by Crippen LogP contribution is -2.43. The van der Waals surface area contributed by atoms with Crippen LogP contribution in [0.5, 0.6) is 0 Å². The van der Waals surface area contributed by atoms with Gasteiger partial charge in [0.2, 0.25) is 5.95 Å². The number of amides is 1. The van der Waals surface area contributed by atoms with Crippen molar-refractivity contribution >= 4 is 35.3 Å². The van der Waals surface area contributed by atoms with Gasteiger partial charge in [-0.2, -0.15) is 4.98 Å². The van der Waals surface area contributed by atoms with Gasteiger partial charge in [-0.1, -0.05) is 12.8 Å². The monoisotopic (exact) mass is 412 g/mol. The Labute approximate surface area is 173 Å². The summed E-state index contributed by atoms with van der Waals surface area (Å²) < 4.78 is 14.3. The van der Waals surface area contributed by atoms with Crippen molar-refractivity contribution in [3.8, 4) is 0 Å². The number of primary amides is 1. The van der Waals surface area contributed by atoms with Crippen LogP contribution in [0.15, 0.2) is 36.7 Å². The third-order valence-corrected chi connectivity index (χ3v) is 4.85. The summed E-state index contributed by atoms with van der Waals surface area (Å²) in [6.07, 6.45) is 9.30. The number of hydrogen-bond acceptors (Lipinski definition) is 8. The topological polar surface area (TPSA) is 155 Å². The first kappa shape index (κ1) is 21.2. The molecule has 0 unspecified atom stereocenters. The minimum Gasteiger partial charge on any atom is -0.365 e. The van der Waals surface area contributed by atoms with Crippen LogP contribution in [-0.4, -0.2) is 34.2 Å². The van der Waals surface area contributed by atoms with Gasteiger partial charge in [-0.05, 0) is 37.1 Å². The van der Waals surface area contributed by atoms with Gasteiger partial charge in [0.25, 0.3) is 5.91 Å². The summed E-state index contributed by atoms with van der Waals surface area (Å²) in [5.74, 6) is -0.724. The van der Waals surface area contributed by atoms with Gasteiger partial charge in [0.15, 0.2) is 0 Å². The van der Waals surface area contributed by atoms with Crippen LogP contribution in [0.4, 0.5) is 27.5 Å². The van der Waals surface area contributed by atoms with Crippen LogP contribution in [0.25, 0.3) is 0 Å². The molecular formula is C20H25FN8O. The number of rotatable bonds is 8. The van der Waals surface area contributed by atoms with E-state index in [1.807, 2.05) is 0 Å². The summed E-state index contributed by atoms with van der Waals surface area (Å²) in [7, 11) is 0. The summed E-state index contributed by atoms with van der Waals surface area (Å²) in [4.78, 5) is 20.3. The molecule has 2 atom stereocenters. The second-order valence-corrected chi connectivity index (χ2v) is 7.01. The molecule has 1 aliphatic carbocycles. The maximum Gasteiger partial charge on any atom is 0.254 e. The lowest BCUT2D eigenvalue weighted by Gasteiger charge is -2.29. The van der Waals surface area contributed by atoms with Gasteiger partial charge in [0, 0.05) is 36.4 Å². The smallest absolute Gasteiger partial charge is 0.254 e. The number of benzene rings is 1. The number of anilines is 4. The second-order valence-electron chi connectivity index (χ2n) is 7.01. The van der Waals surface area contributed by atoms with E-state index in [0.29, 0.717) is 11.6 Å². The number of carbonyl (C=O) groups excluding carboxylic acids is 1. The standard InChI is InChI=1S/C20H25FN8O/c21-14-10-12(6-7-16(14)25-9-3-8-22)27-19-13(18(24)30)11-26-20(29-19)28-17-5-2-1-4-15(17)23/h3,6-11,15,17,22,25H,1-2,4-5,23H2,(H2,24,30)(H2,26,27,28,29)/b9-3-,22-8?/t15-,17+/m0/s1. The van der Waals surface area contributed by atoms with Crippen LogP contribution in [-0.2, 0) is 0 Å². The van der Waals surface area contributed by atoms with Gasteiger partial charge in [-0.25, -0.2) is 9.37 Å². The van der Waals surface area contributed by atoms with E-state index in [-0.39, 0.29) is 29.2 Å². The first-order chi connectivity index (χ1) is 14.5. The number of nitrogens with zero attached hydrogens (tertiary/aromatic N) is 2. The molecule has 1 heterocycles. The average Bonchev–Trinajstić information content (AvgIpc) is 2.71. The Morgan fingerprint density at radius 1 is 1.30 bits per heavy atom. The fraction of sp³-hybridized carbons (Fsp3) is 0.300. The largest absolute Gasteiger partial charge is 0.365 e. The SMILES string of the molecule is N=C/C=C\Nc1ccc(Nc2nc(N[C@@H]3CCCC[C@@H]3N)ncc2C(N)=O)cc1F. The summed E-state index contributed by atoms with van der Waals surface area (Å²) in [6.45, 7) is 0. The van der Waals surface area contributed by atoms with Crippen LogP contribution in [0.2, 0.25) is 0 Å².